The third-order valence-electron chi connectivity index (χ3n) is 3.43. The molecule has 1 N–H and O–H groups in total. The van der Waals surface area contributed by atoms with Crippen molar-refractivity contribution in [3.05, 3.63) is 23.8 Å². The van der Waals surface area contributed by atoms with Crippen LogP contribution in [0.3, 0.4) is 0 Å². The molecule has 0 amide bonds. The molecule has 0 bridgehead atoms. The molecule has 18 heavy (non-hydrogen) atoms. The van der Waals surface area contributed by atoms with Crippen molar-refractivity contribution >= 4 is 0 Å². The van der Waals surface area contributed by atoms with Crippen LogP contribution in [-0.4, -0.2) is 32.1 Å². The number of fused-ring (bicyclic) bond motifs is 1. The van der Waals surface area contributed by atoms with E-state index in [9.17, 15) is 0 Å². The number of hydrogen-bond acceptors (Lipinski definition) is 4. The van der Waals surface area contributed by atoms with Gasteiger partial charge in [-0.3, -0.25) is 0 Å². The van der Waals surface area contributed by atoms with Gasteiger partial charge >= 0.3 is 0 Å². The van der Waals surface area contributed by atoms with Gasteiger partial charge in [0.2, 0.25) is 6.79 Å². The number of ether oxygens (including phenoxy) is 3. The maximum atomic E-state index is 5.55. The Bertz CT molecular complexity index is 422. The summed E-state index contributed by atoms with van der Waals surface area (Å²) >= 11 is 0. The van der Waals surface area contributed by atoms with Gasteiger partial charge in [0.05, 0.1) is 13.2 Å². The number of rotatable bonds is 3. The topological polar surface area (TPSA) is 39.7 Å². The Morgan fingerprint density at radius 1 is 1.22 bits per heavy atom. The summed E-state index contributed by atoms with van der Waals surface area (Å²) in [6.45, 7) is 4.14. The van der Waals surface area contributed by atoms with Crippen molar-refractivity contribution < 1.29 is 14.2 Å². The van der Waals surface area contributed by atoms with Gasteiger partial charge in [0, 0.05) is 12.1 Å². The fraction of sp³-hybridized carbons (Fsp3) is 0.571. The number of morpholine rings is 1. The normalized spacial score (nSPS) is 26.3. The Balaban J connectivity index is 1.56. The Labute approximate surface area is 107 Å². The molecule has 0 spiro atoms. The second-order valence-corrected chi connectivity index (χ2v) is 5.03. The standard InChI is InChI=1S/C14H19NO3/c1-10-7-16-8-12(15-10)4-2-11-3-5-13-14(6-11)18-9-17-13/h3,5-6,10,12,15H,2,4,7-9H2,1H3. The summed E-state index contributed by atoms with van der Waals surface area (Å²) < 4.78 is 16.2. The van der Waals surface area contributed by atoms with Crippen LogP contribution in [0.4, 0.5) is 0 Å². The first-order valence-electron chi connectivity index (χ1n) is 6.53. The molecule has 2 unspecified atom stereocenters. The first-order chi connectivity index (χ1) is 8.81. The zero-order valence-electron chi connectivity index (χ0n) is 10.6. The predicted molar refractivity (Wildman–Crippen MR) is 68.1 cm³/mol. The van der Waals surface area contributed by atoms with Crippen molar-refractivity contribution in [3.8, 4) is 11.5 Å². The quantitative estimate of drug-likeness (QED) is 0.885. The molecule has 1 saturated heterocycles. The molecule has 4 nitrogen and oxygen atoms in total. The van der Waals surface area contributed by atoms with E-state index >= 15 is 0 Å². The highest BCUT2D eigenvalue weighted by molar-refractivity contribution is 5.44. The lowest BCUT2D eigenvalue weighted by Crippen LogP contribution is -2.47. The third kappa shape index (κ3) is 2.60. The van der Waals surface area contributed by atoms with Gasteiger partial charge in [-0.2, -0.15) is 0 Å². The van der Waals surface area contributed by atoms with E-state index in [4.69, 9.17) is 14.2 Å². The summed E-state index contributed by atoms with van der Waals surface area (Å²) in [7, 11) is 0. The fourth-order valence-electron chi connectivity index (χ4n) is 2.49. The summed E-state index contributed by atoms with van der Waals surface area (Å²) in [5.41, 5.74) is 1.29. The molecule has 2 atom stereocenters. The molecule has 0 aromatic heterocycles. The van der Waals surface area contributed by atoms with Crippen molar-refractivity contribution in [3.63, 3.8) is 0 Å². The molecule has 1 aromatic carbocycles. The minimum absolute atomic E-state index is 0.342. The van der Waals surface area contributed by atoms with Crippen molar-refractivity contribution in [1.29, 1.82) is 0 Å². The Hall–Kier alpha value is -1.26. The average Bonchev–Trinajstić information content (AvgIpc) is 2.84. The third-order valence-corrected chi connectivity index (χ3v) is 3.43. The predicted octanol–water partition coefficient (Wildman–Crippen LogP) is 1.72. The molecule has 0 saturated carbocycles. The second-order valence-electron chi connectivity index (χ2n) is 5.03. The molecule has 4 heteroatoms. The Kier molecular flexibility index (Phi) is 3.39. The zero-order valence-corrected chi connectivity index (χ0v) is 10.6. The van der Waals surface area contributed by atoms with Gasteiger partial charge in [-0.1, -0.05) is 6.07 Å². The number of aryl methyl sites for hydroxylation is 1. The van der Waals surface area contributed by atoms with Crippen LogP contribution in [-0.2, 0) is 11.2 Å². The number of benzene rings is 1. The minimum atomic E-state index is 0.342. The van der Waals surface area contributed by atoms with E-state index in [0.29, 0.717) is 18.9 Å². The van der Waals surface area contributed by atoms with E-state index in [1.54, 1.807) is 0 Å². The molecule has 1 aromatic rings. The van der Waals surface area contributed by atoms with Gasteiger partial charge in [-0.05, 0) is 37.5 Å². The van der Waals surface area contributed by atoms with E-state index < -0.39 is 0 Å². The van der Waals surface area contributed by atoms with Crippen molar-refractivity contribution in [2.45, 2.75) is 31.8 Å². The van der Waals surface area contributed by atoms with E-state index in [1.165, 1.54) is 5.56 Å². The number of hydrogen-bond donors (Lipinski definition) is 1. The average molecular weight is 249 g/mol. The van der Waals surface area contributed by atoms with E-state index in [-0.39, 0.29) is 0 Å². The largest absolute Gasteiger partial charge is 0.454 e. The van der Waals surface area contributed by atoms with Crippen LogP contribution in [0.5, 0.6) is 11.5 Å². The van der Waals surface area contributed by atoms with Gasteiger partial charge in [-0.25, -0.2) is 0 Å². The first-order valence-corrected chi connectivity index (χ1v) is 6.53. The van der Waals surface area contributed by atoms with Crippen molar-refractivity contribution in [2.75, 3.05) is 20.0 Å². The molecule has 3 rings (SSSR count). The Morgan fingerprint density at radius 3 is 3.00 bits per heavy atom. The molecule has 2 heterocycles. The van der Waals surface area contributed by atoms with E-state index in [2.05, 4.69) is 24.4 Å². The second kappa shape index (κ2) is 5.16. The van der Waals surface area contributed by atoms with Gasteiger partial charge < -0.3 is 19.5 Å². The van der Waals surface area contributed by atoms with Crippen LogP contribution < -0.4 is 14.8 Å². The van der Waals surface area contributed by atoms with Crippen LogP contribution in [0, 0.1) is 0 Å². The summed E-state index contributed by atoms with van der Waals surface area (Å²) in [6, 6.07) is 7.10. The summed E-state index contributed by atoms with van der Waals surface area (Å²) in [4.78, 5) is 0. The van der Waals surface area contributed by atoms with Gasteiger partial charge in [0.1, 0.15) is 0 Å². The van der Waals surface area contributed by atoms with Crippen LogP contribution >= 0.6 is 0 Å². The lowest BCUT2D eigenvalue weighted by Gasteiger charge is -2.29. The minimum Gasteiger partial charge on any atom is -0.454 e. The summed E-state index contributed by atoms with van der Waals surface area (Å²) in [6.07, 6.45) is 2.12. The lowest BCUT2D eigenvalue weighted by atomic mass is 10.0. The van der Waals surface area contributed by atoms with E-state index in [0.717, 1.165) is 37.6 Å². The summed E-state index contributed by atoms with van der Waals surface area (Å²) in [5, 5.41) is 3.56. The first kappa shape index (κ1) is 11.8. The van der Waals surface area contributed by atoms with Crippen molar-refractivity contribution in [1.82, 2.24) is 5.32 Å². The van der Waals surface area contributed by atoms with Crippen molar-refractivity contribution in [2.24, 2.45) is 0 Å². The maximum absolute atomic E-state index is 5.55. The molecule has 1 fully saturated rings. The van der Waals surface area contributed by atoms with Crippen LogP contribution in [0.1, 0.15) is 18.9 Å². The summed E-state index contributed by atoms with van der Waals surface area (Å²) in [5.74, 6) is 1.72. The van der Waals surface area contributed by atoms with Gasteiger partial charge in [0.25, 0.3) is 0 Å². The number of nitrogens with one attached hydrogen (secondary N) is 1. The molecule has 0 aliphatic carbocycles. The molecular formula is C14H19NO3. The molecule has 0 radical (unpaired) electrons. The highest BCUT2D eigenvalue weighted by atomic mass is 16.7. The van der Waals surface area contributed by atoms with Crippen LogP contribution in [0.25, 0.3) is 0 Å². The maximum Gasteiger partial charge on any atom is 0.231 e. The monoisotopic (exact) mass is 249 g/mol. The lowest BCUT2D eigenvalue weighted by molar-refractivity contribution is 0.0483. The zero-order chi connectivity index (χ0) is 12.4. The van der Waals surface area contributed by atoms with Crippen LogP contribution in [0.2, 0.25) is 0 Å². The van der Waals surface area contributed by atoms with Crippen LogP contribution in [0.15, 0.2) is 18.2 Å². The van der Waals surface area contributed by atoms with E-state index in [1.807, 2.05) is 6.07 Å². The molecular weight excluding hydrogens is 230 g/mol. The van der Waals surface area contributed by atoms with Gasteiger partial charge in [-0.15, -0.1) is 0 Å². The SMILES string of the molecule is CC1COCC(CCc2ccc3c(c2)OCO3)N1. The Morgan fingerprint density at radius 2 is 2.11 bits per heavy atom. The fourth-order valence-corrected chi connectivity index (χ4v) is 2.49. The molecule has 2 aliphatic rings. The molecule has 2 aliphatic heterocycles. The highest BCUT2D eigenvalue weighted by Gasteiger charge is 2.18. The smallest absolute Gasteiger partial charge is 0.231 e. The van der Waals surface area contributed by atoms with Gasteiger partial charge in [0.15, 0.2) is 11.5 Å². The molecule has 98 valence electrons. The highest BCUT2D eigenvalue weighted by Crippen LogP contribution is 2.32.